The van der Waals surface area contributed by atoms with E-state index in [-0.39, 0.29) is 24.9 Å². The molecule has 0 bridgehead atoms. The number of rotatable bonds is 6. The highest BCUT2D eigenvalue weighted by molar-refractivity contribution is 6.02. The molecule has 0 aromatic heterocycles. The van der Waals surface area contributed by atoms with Crippen molar-refractivity contribution in [2.24, 2.45) is 0 Å². The largest absolute Gasteiger partial charge is 0.466 e. The van der Waals surface area contributed by atoms with E-state index in [4.69, 9.17) is 9.47 Å². The maximum Gasteiger partial charge on any atom is 0.409 e. The summed E-state index contributed by atoms with van der Waals surface area (Å²) >= 11 is 0. The van der Waals surface area contributed by atoms with Crippen molar-refractivity contribution in [2.45, 2.75) is 38.5 Å². The number of carbonyl (C=O) groups is 3. The normalized spacial score (nSPS) is 16.2. The molecule has 136 valence electrons. The lowest BCUT2D eigenvalue weighted by atomic mass is 9.69. The number of ether oxygens (including phenoxy) is 2. The maximum atomic E-state index is 13.0. The van der Waals surface area contributed by atoms with E-state index in [1.165, 1.54) is 0 Å². The number of piperidine rings is 1. The van der Waals surface area contributed by atoms with Crippen molar-refractivity contribution in [2.75, 3.05) is 26.3 Å². The van der Waals surface area contributed by atoms with Crippen LogP contribution in [0.5, 0.6) is 0 Å². The van der Waals surface area contributed by atoms with Crippen molar-refractivity contribution in [1.82, 2.24) is 4.90 Å². The molecular formula is C19H25NO5. The number of amides is 1. The third-order valence-corrected chi connectivity index (χ3v) is 4.61. The van der Waals surface area contributed by atoms with E-state index >= 15 is 0 Å². The van der Waals surface area contributed by atoms with Crippen molar-refractivity contribution in [3.05, 3.63) is 35.9 Å². The zero-order valence-electron chi connectivity index (χ0n) is 14.8. The molecule has 0 atom stereocenters. The first-order chi connectivity index (χ1) is 12.0. The third kappa shape index (κ3) is 4.38. The predicted molar refractivity (Wildman–Crippen MR) is 92.2 cm³/mol. The van der Waals surface area contributed by atoms with Gasteiger partial charge in [0.1, 0.15) is 6.42 Å². The van der Waals surface area contributed by atoms with Gasteiger partial charge in [-0.05, 0) is 32.3 Å². The molecule has 6 nitrogen and oxygen atoms in total. The molecule has 1 aromatic rings. The van der Waals surface area contributed by atoms with Crippen LogP contribution in [-0.4, -0.2) is 49.0 Å². The van der Waals surface area contributed by atoms with Gasteiger partial charge in [-0.15, -0.1) is 0 Å². The lowest BCUT2D eigenvalue weighted by molar-refractivity contribution is -0.147. The fraction of sp³-hybridized carbons (Fsp3) is 0.526. The fourth-order valence-corrected chi connectivity index (χ4v) is 3.28. The van der Waals surface area contributed by atoms with Crippen LogP contribution >= 0.6 is 0 Å². The molecule has 0 spiro atoms. The molecular weight excluding hydrogens is 322 g/mol. The fourth-order valence-electron chi connectivity index (χ4n) is 3.28. The third-order valence-electron chi connectivity index (χ3n) is 4.61. The molecule has 1 aliphatic heterocycles. The lowest BCUT2D eigenvalue weighted by Gasteiger charge is -2.40. The summed E-state index contributed by atoms with van der Waals surface area (Å²) in [5.74, 6) is -0.656. The standard InChI is InChI=1S/C19H25NO5/c1-3-24-17(22)14-16(21)19(15-8-6-5-7-9-15)10-12-20(13-11-19)18(23)25-4-2/h5-9H,3-4,10-14H2,1-2H3. The predicted octanol–water partition coefficient (Wildman–Crippen LogP) is 2.70. The number of ketones is 1. The van der Waals surface area contributed by atoms with Crippen molar-refractivity contribution in [3.63, 3.8) is 0 Å². The number of carbonyl (C=O) groups excluding carboxylic acids is 3. The summed E-state index contributed by atoms with van der Waals surface area (Å²) in [5, 5.41) is 0. The summed E-state index contributed by atoms with van der Waals surface area (Å²) in [6.07, 6.45) is 0.326. The van der Waals surface area contributed by atoms with E-state index in [0.29, 0.717) is 32.5 Å². The van der Waals surface area contributed by atoms with Crippen LogP contribution in [0.1, 0.15) is 38.7 Å². The molecule has 0 unspecified atom stereocenters. The van der Waals surface area contributed by atoms with E-state index in [0.717, 1.165) is 5.56 Å². The SMILES string of the molecule is CCOC(=O)CC(=O)C1(c2ccccc2)CCN(C(=O)OCC)CC1. The Hall–Kier alpha value is -2.37. The molecule has 1 amide bonds. The van der Waals surface area contributed by atoms with Crippen LogP contribution in [0.3, 0.4) is 0 Å². The van der Waals surface area contributed by atoms with Crippen molar-refractivity contribution >= 4 is 17.8 Å². The monoisotopic (exact) mass is 347 g/mol. The summed E-state index contributed by atoms with van der Waals surface area (Å²) < 4.78 is 9.97. The average molecular weight is 347 g/mol. The summed E-state index contributed by atoms with van der Waals surface area (Å²) in [6, 6.07) is 9.46. The molecule has 0 radical (unpaired) electrons. The highest BCUT2D eigenvalue weighted by Crippen LogP contribution is 2.37. The molecule has 6 heteroatoms. The number of hydrogen-bond acceptors (Lipinski definition) is 5. The molecule has 1 saturated heterocycles. The first kappa shape index (κ1) is 19.0. The highest BCUT2D eigenvalue weighted by Gasteiger charge is 2.44. The van der Waals surface area contributed by atoms with Gasteiger partial charge in [0.25, 0.3) is 0 Å². The Balaban J connectivity index is 2.20. The average Bonchev–Trinajstić information content (AvgIpc) is 2.63. The zero-order chi connectivity index (χ0) is 18.3. The molecule has 2 rings (SSSR count). The Morgan fingerprint density at radius 3 is 2.16 bits per heavy atom. The molecule has 0 saturated carbocycles. The molecule has 1 heterocycles. The second-order valence-electron chi connectivity index (χ2n) is 6.04. The van der Waals surface area contributed by atoms with Crippen molar-refractivity contribution in [3.8, 4) is 0 Å². The van der Waals surface area contributed by atoms with Gasteiger partial charge in [-0.25, -0.2) is 4.79 Å². The number of hydrogen-bond donors (Lipinski definition) is 0. The number of benzene rings is 1. The smallest absolute Gasteiger partial charge is 0.409 e. The highest BCUT2D eigenvalue weighted by atomic mass is 16.6. The van der Waals surface area contributed by atoms with Crippen LogP contribution in [0.25, 0.3) is 0 Å². The first-order valence-corrected chi connectivity index (χ1v) is 8.69. The van der Waals surface area contributed by atoms with Gasteiger partial charge in [0, 0.05) is 13.1 Å². The van der Waals surface area contributed by atoms with Crippen molar-refractivity contribution in [1.29, 1.82) is 0 Å². The quantitative estimate of drug-likeness (QED) is 0.584. The van der Waals surface area contributed by atoms with Gasteiger partial charge in [0.05, 0.1) is 18.6 Å². The Kier molecular flexibility index (Phi) is 6.56. The van der Waals surface area contributed by atoms with Gasteiger partial charge >= 0.3 is 12.1 Å². The van der Waals surface area contributed by atoms with E-state index in [9.17, 15) is 14.4 Å². The molecule has 0 N–H and O–H groups in total. The van der Waals surface area contributed by atoms with Gasteiger partial charge in [-0.2, -0.15) is 0 Å². The minimum absolute atomic E-state index is 0.152. The van der Waals surface area contributed by atoms with Crippen LogP contribution in [-0.2, 0) is 24.5 Å². The molecule has 1 fully saturated rings. The Morgan fingerprint density at radius 2 is 1.60 bits per heavy atom. The van der Waals surface area contributed by atoms with Crippen LogP contribution in [0.4, 0.5) is 4.79 Å². The van der Waals surface area contributed by atoms with Crippen LogP contribution in [0.15, 0.2) is 30.3 Å². The maximum absolute atomic E-state index is 13.0. The van der Waals surface area contributed by atoms with E-state index in [2.05, 4.69) is 0 Å². The zero-order valence-corrected chi connectivity index (χ0v) is 14.8. The summed E-state index contributed by atoms with van der Waals surface area (Å²) in [7, 11) is 0. The Morgan fingerprint density at radius 1 is 1.00 bits per heavy atom. The summed E-state index contributed by atoms with van der Waals surface area (Å²) in [4.78, 5) is 38.3. The minimum Gasteiger partial charge on any atom is -0.466 e. The molecule has 1 aliphatic rings. The van der Waals surface area contributed by atoms with Gasteiger partial charge in [0.15, 0.2) is 5.78 Å². The summed E-state index contributed by atoms with van der Waals surface area (Å²) in [5.41, 5.74) is 0.115. The van der Waals surface area contributed by atoms with Gasteiger partial charge < -0.3 is 14.4 Å². The number of nitrogens with zero attached hydrogens (tertiary/aromatic N) is 1. The second-order valence-corrected chi connectivity index (χ2v) is 6.04. The van der Waals surface area contributed by atoms with Gasteiger partial charge in [0.2, 0.25) is 0 Å². The summed E-state index contributed by atoms with van der Waals surface area (Å²) in [6.45, 7) is 4.89. The number of esters is 1. The van der Waals surface area contributed by atoms with E-state index in [1.807, 2.05) is 30.3 Å². The second kappa shape index (κ2) is 8.65. The minimum atomic E-state index is -0.767. The van der Waals surface area contributed by atoms with Crippen molar-refractivity contribution < 1.29 is 23.9 Å². The topological polar surface area (TPSA) is 72.9 Å². The van der Waals surface area contributed by atoms with Crippen LogP contribution < -0.4 is 0 Å². The lowest BCUT2D eigenvalue weighted by Crippen LogP contribution is -2.49. The Labute approximate surface area is 148 Å². The first-order valence-electron chi connectivity index (χ1n) is 8.69. The number of Topliss-reactive ketones (excluding diaryl/α,β-unsaturated/α-hetero) is 1. The molecule has 0 aliphatic carbocycles. The Bertz CT molecular complexity index is 606. The van der Waals surface area contributed by atoms with Crippen LogP contribution in [0.2, 0.25) is 0 Å². The van der Waals surface area contributed by atoms with Gasteiger partial charge in [-0.3, -0.25) is 9.59 Å². The molecule has 25 heavy (non-hydrogen) atoms. The van der Waals surface area contributed by atoms with E-state index < -0.39 is 11.4 Å². The van der Waals surface area contributed by atoms with Gasteiger partial charge in [-0.1, -0.05) is 30.3 Å². The van der Waals surface area contributed by atoms with Crippen LogP contribution in [0, 0.1) is 0 Å². The molecule has 1 aromatic carbocycles. The van der Waals surface area contributed by atoms with E-state index in [1.54, 1.807) is 18.7 Å². The number of likely N-dealkylation sites (tertiary alicyclic amines) is 1.